The first-order chi connectivity index (χ1) is 9.22. The number of hydrogen-bond donors (Lipinski definition) is 1. The van der Waals surface area contributed by atoms with Crippen LogP contribution in [0, 0.1) is 11.8 Å². The quantitative estimate of drug-likeness (QED) is 0.785. The molecule has 106 valence electrons. The van der Waals surface area contributed by atoms with Crippen LogP contribution in [-0.4, -0.2) is 6.04 Å². The molecule has 1 aromatic rings. The molecule has 0 bridgehead atoms. The molecule has 0 saturated heterocycles. The van der Waals surface area contributed by atoms with E-state index in [1.807, 2.05) is 0 Å². The number of benzene rings is 1. The second-order valence-electron chi connectivity index (χ2n) is 6.37. The molecular weight excluding hydrogens is 230 g/mol. The summed E-state index contributed by atoms with van der Waals surface area (Å²) >= 11 is 0. The summed E-state index contributed by atoms with van der Waals surface area (Å²) in [5.41, 5.74) is 8.04. The maximum Gasteiger partial charge on any atom is 0.0113 e. The fourth-order valence-corrected chi connectivity index (χ4v) is 3.70. The third-order valence-corrected chi connectivity index (χ3v) is 4.98. The molecular formula is C18H29N. The maximum atomic E-state index is 6.61. The summed E-state index contributed by atoms with van der Waals surface area (Å²) in [5, 5.41) is 0. The van der Waals surface area contributed by atoms with E-state index in [0.717, 1.165) is 5.92 Å². The van der Waals surface area contributed by atoms with E-state index in [1.54, 1.807) is 0 Å². The normalized spacial score (nSPS) is 21.2. The zero-order chi connectivity index (χ0) is 13.7. The third-order valence-electron chi connectivity index (χ3n) is 4.98. The molecule has 1 aliphatic rings. The van der Waals surface area contributed by atoms with Gasteiger partial charge in [-0.05, 0) is 23.8 Å². The topological polar surface area (TPSA) is 26.0 Å². The molecule has 2 N–H and O–H groups in total. The van der Waals surface area contributed by atoms with Crippen molar-refractivity contribution in [2.45, 2.75) is 64.3 Å². The van der Waals surface area contributed by atoms with Gasteiger partial charge in [0.2, 0.25) is 0 Å². The molecule has 0 spiro atoms. The Balaban J connectivity index is 2.08. The van der Waals surface area contributed by atoms with Gasteiger partial charge >= 0.3 is 0 Å². The van der Waals surface area contributed by atoms with Crippen molar-refractivity contribution >= 4 is 0 Å². The highest BCUT2D eigenvalue weighted by molar-refractivity contribution is 5.22. The highest BCUT2D eigenvalue weighted by Gasteiger charge is 2.28. The number of nitrogens with two attached hydrogens (primary N) is 1. The van der Waals surface area contributed by atoms with E-state index in [1.165, 1.54) is 44.1 Å². The maximum absolute atomic E-state index is 6.61. The summed E-state index contributed by atoms with van der Waals surface area (Å²) < 4.78 is 0. The Bertz CT molecular complexity index is 353. The largest absolute Gasteiger partial charge is 0.327 e. The molecule has 1 aromatic carbocycles. The molecule has 0 radical (unpaired) electrons. The Labute approximate surface area is 118 Å². The van der Waals surface area contributed by atoms with Crippen molar-refractivity contribution < 1.29 is 0 Å². The van der Waals surface area contributed by atoms with Gasteiger partial charge in [0.05, 0.1) is 0 Å². The van der Waals surface area contributed by atoms with Gasteiger partial charge in [0, 0.05) is 12.0 Å². The molecule has 0 aromatic heterocycles. The van der Waals surface area contributed by atoms with Crippen molar-refractivity contribution in [1.82, 2.24) is 0 Å². The Morgan fingerprint density at radius 2 is 1.79 bits per heavy atom. The minimum absolute atomic E-state index is 0.320. The van der Waals surface area contributed by atoms with E-state index < -0.39 is 0 Å². The lowest BCUT2D eigenvalue weighted by molar-refractivity contribution is 0.328. The molecule has 1 fully saturated rings. The number of hydrogen-bond acceptors (Lipinski definition) is 1. The van der Waals surface area contributed by atoms with Gasteiger partial charge in [0.25, 0.3) is 0 Å². The lowest BCUT2D eigenvalue weighted by Gasteiger charge is -2.31. The summed E-state index contributed by atoms with van der Waals surface area (Å²) in [5.74, 6) is 2.07. The minimum Gasteiger partial charge on any atom is -0.327 e. The molecule has 0 aliphatic heterocycles. The predicted molar refractivity (Wildman–Crippen MR) is 83.2 cm³/mol. The lowest BCUT2D eigenvalue weighted by Crippen LogP contribution is -2.34. The van der Waals surface area contributed by atoms with Crippen LogP contribution in [0.3, 0.4) is 0 Å². The van der Waals surface area contributed by atoms with Crippen LogP contribution in [0.15, 0.2) is 30.3 Å². The van der Waals surface area contributed by atoms with Crippen molar-refractivity contribution in [3.8, 4) is 0 Å². The second-order valence-corrected chi connectivity index (χ2v) is 6.37. The van der Waals surface area contributed by atoms with Gasteiger partial charge < -0.3 is 5.73 Å². The van der Waals surface area contributed by atoms with Gasteiger partial charge in [-0.1, -0.05) is 76.3 Å². The van der Waals surface area contributed by atoms with Crippen LogP contribution >= 0.6 is 0 Å². The Morgan fingerprint density at radius 1 is 1.16 bits per heavy atom. The molecule has 19 heavy (non-hydrogen) atoms. The van der Waals surface area contributed by atoms with Gasteiger partial charge in [0.15, 0.2) is 0 Å². The van der Waals surface area contributed by atoms with Crippen LogP contribution in [0.5, 0.6) is 0 Å². The summed E-state index contributed by atoms with van der Waals surface area (Å²) in [6.45, 7) is 4.63. The lowest BCUT2D eigenvalue weighted by atomic mass is 9.77. The average molecular weight is 259 g/mol. The highest BCUT2D eigenvalue weighted by Crippen LogP contribution is 2.35. The monoisotopic (exact) mass is 259 g/mol. The van der Waals surface area contributed by atoms with Crippen LogP contribution < -0.4 is 5.73 Å². The van der Waals surface area contributed by atoms with Crippen molar-refractivity contribution in [2.24, 2.45) is 17.6 Å². The summed E-state index contributed by atoms with van der Waals surface area (Å²) in [6.07, 6.45) is 8.04. The molecule has 0 amide bonds. The summed E-state index contributed by atoms with van der Waals surface area (Å²) in [7, 11) is 0. The SMILES string of the molecule is CCC(C)C(c1ccccc1)C(N)CC1CCCC1. The summed E-state index contributed by atoms with van der Waals surface area (Å²) in [4.78, 5) is 0. The first-order valence-corrected chi connectivity index (χ1v) is 8.03. The second kappa shape index (κ2) is 7.09. The molecule has 1 aliphatic carbocycles. The summed E-state index contributed by atoms with van der Waals surface area (Å²) in [6, 6.07) is 11.2. The van der Waals surface area contributed by atoms with Gasteiger partial charge in [-0.3, -0.25) is 0 Å². The molecule has 3 atom stereocenters. The first kappa shape index (κ1) is 14.6. The van der Waals surface area contributed by atoms with Crippen LogP contribution in [0.1, 0.15) is 63.9 Å². The molecule has 3 unspecified atom stereocenters. The van der Waals surface area contributed by atoms with Gasteiger partial charge in [0.1, 0.15) is 0 Å². The van der Waals surface area contributed by atoms with Crippen molar-refractivity contribution in [1.29, 1.82) is 0 Å². The van der Waals surface area contributed by atoms with Crippen LogP contribution in [0.2, 0.25) is 0 Å². The Hall–Kier alpha value is -0.820. The van der Waals surface area contributed by atoms with E-state index in [-0.39, 0.29) is 0 Å². The van der Waals surface area contributed by atoms with Crippen molar-refractivity contribution in [3.63, 3.8) is 0 Å². The molecule has 1 heteroatoms. The van der Waals surface area contributed by atoms with Gasteiger partial charge in [-0.2, -0.15) is 0 Å². The molecule has 0 heterocycles. The van der Waals surface area contributed by atoms with Gasteiger partial charge in [-0.25, -0.2) is 0 Å². The fraction of sp³-hybridized carbons (Fsp3) is 0.667. The third kappa shape index (κ3) is 3.82. The van der Waals surface area contributed by atoms with E-state index in [4.69, 9.17) is 5.73 Å². The predicted octanol–water partition coefficient (Wildman–Crippen LogP) is 4.72. The fourth-order valence-electron chi connectivity index (χ4n) is 3.70. The van der Waals surface area contributed by atoms with Crippen LogP contribution in [-0.2, 0) is 0 Å². The standard InChI is InChI=1S/C18H29N/c1-3-14(2)18(16-11-5-4-6-12-16)17(19)13-15-9-7-8-10-15/h4-6,11-12,14-15,17-18H,3,7-10,13,19H2,1-2H3. The highest BCUT2D eigenvalue weighted by atomic mass is 14.7. The van der Waals surface area contributed by atoms with E-state index in [9.17, 15) is 0 Å². The Morgan fingerprint density at radius 3 is 2.37 bits per heavy atom. The molecule has 2 rings (SSSR count). The minimum atomic E-state index is 0.320. The van der Waals surface area contributed by atoms with Crippen molar-refractivity contribution in [2.75, 3.05) is 0 Å². The van der Waals surface area contributed by atoms with E-state index in [2.05, 4.69) is 44.2 Å². The zero-order valence-electron chi connectivity index (χ0n) is 12.5. The molecule has 1 saturated carbocycles. The smallest absolute Gasteiger partial charge is 0.0113 e. The zero-order valence-corrected chi connectivity index (χ0v) is 12.5. The van der Waals surface area contributed by atoms with E-state index in [0.29, 0.717) is 17.9 Å². The molecule has 1 nitrogen and oxygen atoms in total. The van der Waals surface area contributed by atoms with Crippen LogP contribution in [0.25, 0.3) is 0 Å². The van der Waals surface area contributed by atoms with Crippen LogP contribution in [0.4, 0.5) is 0 Å². The van der Waals surface area contributed by atoms with Gasteiger partial charge in [-0.15, -0.1) is 0 Å². The first-order valence-electron chi connectivity index (χ1n) is 8.03. The van der Waals surface area contributed by atoms with E-state index >= 15 is 0 Å². The van der Waals surface area contributed by atoms with Crippen molar-refractivity contribution in [3.05, 3.63) is 35.9 Å². The Kier molecular flexibility index (Phi) is 5.45. The number of rotatable bonds is 6. The average Bonchev–Trinajstić information content (AvgIpc) is 2.93.